The highest BCUT2D eigenvalue weighted by Crippen LogP contribution is 2.33. The first kappa shape index (κ1) is 14.6. The molecule has 0 aromatic carbocycles. The maximum absolute atomic E-state index is 11.3. The van der Waals surface area contributed by atoms with Crippen LogP contribution in [0.1, 0.15) is 23.8 Å². The smallest absolute Gasteiger partial charge is 0.265 e. The molecular weight excluding hydrogens is 308 g/mol. The SMILES string of the molecule is NS(=O)(=O)N1CCC(c2nc(-c3ccncc3)cs2)CC1. The molecule has 0 unspecified atom stereocenters. The minimum atomic E-state index is -3.56. The third-order valence-corrected chi connectivity index (χ3v) is 5.75. The van der Waals surface area contributed by atoms with Crippen LogP contribution in [-0.4, -0.2) is 35.8 Å². The van der Waals surface area contributed by atoms with E-state index in [1.807, 2.05) is 17.5 Å². The van der Waals surface area contributed by atoms with Gasteiger partial charge in [0.2, 0.25) is 0 Å². The van der Waals surface area contributed by atoms with E-state index in [-0.39, 0.29) is 0 Å². The Morgan fingerprint density at radius 2 is 1.90 bits per heavy atom. The fourth-order valence-electron chi connectivity index (χ4n) is 2.49. The Morgan fingerprint density at radius 1 is 1.24 bits per heavy atom. The van der Waals surface area contributed by atoms with Crippen molar-refractivity contribution < 1.29 is 8.42 Å². The molecule has 1 fully saturated rings. The molecule has 0 amide bonds. The van der Waals surface area contributed by atoms with Crippen LogP contribution in [0.4, 0.5) is 0 Å². The Bertz CT molecular complexity index is 707. The monoisotopic (exact) mass is 324 g/mol. The van der Waals surface area contributed by atoms with E-state index in [0.717, 1.165) is 29.1 Å². The first-order chi connectivity index (χ1) is 10.0. The summed E-state index contributed by atoms with van der Waals surface area (Å²) in [6, 6.07) is 3.87. The largest absolute Gasteiger partial charge is 0.276 e. The molecule has 1 saturated heterocycles. The lowest BCUT2D eigenvalue weighted by Crippen LogP contribution is -2.41. The molecule has 2 N–H and O–H groups in total. The second-order valence-corrected chi connectivity index (χ2v) is 7.46. The van der Waals surface area contributed by atoms with Gasteiger partial charge in [-0.15, -0.1) is 11.3 Å². The van der Waals surface area contributed by atoms with E-state index in [4.69, 9.17) is 5.14 Å². The minimum Gasteiger partial charge on any atom is -0.265 e. The van der Waals surface area contributed by atoms with Crippen LogP contribution in [0.5, 0.6) is 0 Å². The van der Waals surface area contributed by atoms with Crippen LogP contribution in [0, 0.1) is 0 Å². The standard InChI is InChI=1S/C13H16N4O2S2/c14-21(18,19)17-7-3-11(4-8-17)13-16-12(9-20-13)10-1-5-15-6-2-10/h1-2,5-6,9,11H,3-4,7-8H2,(H2,14,18,19). The van der Waals surface area contributed by atoms with Crippen LogP contribution in [0.2, 0.25) is 0 Å². The van der Waals surface area contributed by atoms with Gasteiger partial charge in [0.1, 0.15) is 0 Å². The number of pyridine rings is 1. The molecule has 0 aliphatic carbocycles. The van der Waals surface area contributed by atoms with E-state index < -0.39 is 10.2 Å². The predicted molar refractivity (Wildman–Crippen MR) is 82.0 cm³/mol. The highest BCUT2D eigenvalue weighted by molar-refractivity contribution is 7.86. The molecule has 0 bridgehead atoms. The van der Waals surface area contributed by atoms with E-state index in [1.165, 1.54) is 4.31 Å². The second-order valence-electron chi connectivity index (χ2n) is 5.03. The summed E-state index contributed by atoms with van der Waals surface area (Å²) in [4.78, 5) is 8.68. The van der Waals surface area contributed by atoms with Gasteiger partial charge < -0.3 is 0 Å². The van der Waals surface area contributed by atoms with E-state index in [2.05, 4.69) is 9.97 Å². The highest BCUT2D eigenvalue weighted by atomic mass is 32.2. The molecule has 3 heterocycles. The summed E-state index contributed by atoms with van der Waals surface area (Å²) in [5.41, 5.74) is 2.00. The first-order valence-corrected chi connectivity index (χ1v) is 9.06. The van der Waals surface area contributed by atoms with E-state index in [1.54, 1.807) is 23.7 Å². The zero-order valence-corrected chi connectivity index (χ0v) is 13.0. The van der Waals surface area contributed by atoms with Gasteiger partial charge >= 0.3 is 0 Å². The Kier molecular flexibility index (Phi) is 4.03. The van der Waals surface area contributed by atoms with Crippen LogP contribution >= 0.6 is 11.3 Å². The number of piperidine rings is 1. The van der Waals surface area contributed by atoms with Crippen molar-refractivity contribution in [3.8, 4) is 11.3 Å². The van der Waals surface area contributed by atoms with Crippen LogP contribution in [0.15, 0.2) is 29.9 Å². The van der Waals surface area contributed by atoms with E-state index in [0.29, 0.717) is 19.0 Å². The van der Waals surface area contributed by atoms with Gasteiger partial charge in [0.05, 0.1) is 10.7 Å². The lowest BCUT2D eigenvalue weighted by molar-refractivity contribution is 0.319. The molecule has 0 spiro atoms. The summed E-state index contributed by atoms with van der Waals surface area (Å²) in [6.07, 6.45) is 5.03. The molecule has 3 rings (SSSR count). The number of hydrogen-bond donors (Lipinski definition) is 1. The number of hydrogen-bond acceptors (Lipinski definition) is 5. The average Bonchev–Trinajstić information content (AvgIpc) is 2.97. The van der Waals surface area contributed by atoms with Gasteiger partial charge in [0.25, 0.3) is 10.2 Å². The molecule has 8 heteroatoms. The van der Waals surface area contributed by atoms with Gasteiger partial charge in [-0.05, 0) is 25.0 Å². The minimum absolute atomic E-state index is 0.309. The molecule has 0 radical (unpaired) electrons. The molecule has 0 atom stereocenters. The number of thiazole rings is 1. The van der Waals surface area contributed by atoms with Crippen molar-refractivity contribution in [2.24, 2.45) is 5.14 Å². The number of nitrogens with zero attached hydrogens (tertiary/aromatic N) is 3. The Morgan fingerprint density at radius 3 is 2.52 bits per heavy atom. The third kappa shape index (κ3) is 3.29. The van der Waals surface area contributed by atoms with Crippen molar-refractivity contribution in [1.82, 2.24) is 14.3 Å². The van der Waals surface area contributed by atoms with Gasteiger partial charge in [0.15, 0.2) is 0 Å². The van der Waals surface area contributed by atoms with Gasteiger partial charge in [-0.25, -0.2) is 10.1 Å². The summed E-state index contributed by atoms with van der Waals surface area (Å²) in [5.74, 6) is 0.309. The lowest BCUT2D eigenvalue weighted by Gasteiger charge is -2.28. The fourth-order valence-corrected chi connectivity index (χ4v) is 4.21. The molecule has 1 aliphatic heterocycles. The summed E-state index contributed by atoms with van der Waals surface area (Å²) < 4.78 is 23.9. The van der Waals surface area contributed by atoms with Crippen molar-refractivity contribution in [3.63, 3.8) is 0 Å². The van der Waals surface area contributed by atoms with Gasteiger partial charge in [-0.1, -0.05) is 0 Å². The van der Waals surface area contributed by atoms with Crippen LogP contribution in [-0.2, 0) is 10.2 Å². The van der Waals surface area contributed by atoms with Crippen molar-refractivity contribution in [2.75, 3.05) is 13.1 Å². The normalized spacial score (nSPS) is 18.0. The van der Waals surface area contributed by atoms with Crippen LogP contribution in [0.3, 0.4) is 0 Å². The van der Waals surface area contributed by atoms with E-state index in [9.17, 15) is 8.42 Å². The quantitative estimate of drug-likeness (QED) is 0.928. The highest BCUT2D eigenvalue weighted by Gasteiger charge is 2.27. The van der Waals surface area contributed by atoms with Crippen molar-refractivity contribution in [3.05, 3.63) is 34.9 Å². The first-order valence-electron chi connectivity index (χ1n) is 6.68. The van der Waals surface area contributed by atoms with Crippen molar-refractivity contribution in [1.29, 1.82) is 0 Å². The maximum Gasteiger partial charge on any atom is 0.276 e. The fraction of sp³-hybridized carbons (Fsp3) is 0.385. The summed E-state index contributed by atoms with van der Waals surface area (Å²) in [5, 5.41) is 8.26. The van der Waals surface area contributed by atoms with Gasteiger partial charge in [0, 0.05) is 42.3 Å². The molecule has 112 valence electrons. The zero-order chi connectivity index (χ0) is 14.9. The molecule has 21 heavy (non-hydrogen) atoms. The zero-order valence-electron chi connectivity index (χ0n) is 11.3. The molecule has 6 nitrogen and oxygen atoms in total. The summed E-state index contributed by atoms with van der Waals surface area (Å²) >= 11 is 1.63. The molecule has 2 aromatic heterocycles. The van der Waals surface area contributed by atoms with Crippen LogP contribution in [0.25, 0.3) is 11.3 Å². The molecule has 0 saturated carbocycles. The third-order valence-electron chi connectivity index (χ3n) is 3.66. The van der Waals surface area contributed by atoms with Crippen LogP contribution < -0.4 is 5.14 Å². The summed E-state index contributed by atoms with van der Waals surface area (Å²) in [7, 11) is -3.56. The Balaban J connectivity index is 1.71. The predicted octanol–water partition coefficient (Wildman–Crippen LogP) is 1.59. The number of aromatic nitrogens is 2. The Hall–Kier alpha value is -1.35. The average molecular weight is 324 g/mol. The van der Waals surface area contributed by atoms with E-state index >= 15 is 0 Å². The van der Waals surface area contributed by atoms with Crippen molar-refractivity contribution in [2.45, 2.75) is 18.8 Å². The van der Waals surface area contributed by atoms with Gasteiger partial charge in [-0.2, -0.15) is 12.7 Å². The Labute approximate surface area is 127 Å². The number of rotatable bonds is 3. The maximum atomic E-state index is 11.3. The van der Waals surface area contributed by atoms with Gasteiger partial charge in [-0.3, -0.25) is 4.98 Å². The topological polar surface area (TPSA) is 89.2 Å². The lowest BCUT2D eigenvalue weighted by atomic mass is 9.99. The summed E-state index contributed by atoms with van der Waals surface area (Å²) in [6.45, 7) is 0.932. The molecular formula is C13H16N4O2S2. The molecule has 1 aliphatic rings. The van der Waals surface area contributed by atoms with Crippen molar-refractivity contribution >= 4 is 21.5 Å². The number of nitrogens with two attached hydrogens (primary N) is 1. The second kappa shape index (κ2) is 5.80. The molecule has 2 aromatic rings.